The van der Waals surface area contributed by atoms with Gasteiger partial charge in [0.25, 0.3) is 10.0 Å². The molecule has 2 aromatic carbocycles. The van der Waals surface area contributed by atoms with Crippen LogP contribution in [-0.2, 0) is 22.4 Å². The summed E-state index contributed by atoms with van der Waals surface area (Å²) in [7, 11) is -1.28. The number of aromatic nitrogens is 2. The lowest BCUT2D eigenvalue weighted by atomic mass is 9.77. The van der Waals surface area contributed by atoms with E-state index in [1.165, 1.54) is 12.3 Å². The zero-order chi connectivity index (χ0) is 31.0. The van der Waals surface area contributed by atoms with Crippen LogP contribution in [0.4, 0.5) is 46.6 Å². The fourth-order valence-corrected chi connectivity index (χ4v) is 6.07. The average Bonchev–Trinajstić information content (AvgIpc) is 2.89. The van der Waals surface area contributed by atoms with E-state index in [4.69, 9.17) is 0 Å². The fraction of sp³-hybridized carbons (Fsp3) is 0.385. The van der Waals surface area contributed by atoms with Crippen LogP contribution in [0.3, 0.4) is 0 Å². The van der Waals surface area contributed by atoms with Gasteiger partial charge >= 0.3 is 12.4 Å². The topological polar surface area (TPSA) is 87.2 Å². The number of alkyl halides is 6. The van der Waals surface area contributed by atoms with Crippen molar-refractivity contribution in [1.29, 1.82) is 0 Å². The number of hydrogen-bond acceptors (Lipinski definition) is 6. The lowest BCUT2D eigenvalue weighted by molar-refractivity contribution is -0.143. The first kappa shape index (κ1) is 31.4. The third-order valence-corrected chi connectivity index (χ3v) is 8.40. The van der Waals surface area contributed by atoms with Gasteiger partial charge in [0.15, 0.2) is 0 Å². The van der Waals surface area contributed by atoms with Gasteiger partial charge in [0.1, 0.15) is 28.7 Å². The average molecular weight is 624 g/mol. The van der Waals surface area contributed by atoms with Crippen LogP contribution in [0.5, 0.6) is 0 Å². The quantitative estimate of drug-likeness (QED) is 0.302. The summed E-state index contributed by atoms with van der Waals surface area (Å²) in [5, 5.41) is 2.84. The van der Waals surface area contributed by atoms with Crippen molar-refractivity contribution in [2.45, 2.75) is 54.5 Å². The molecule has 228 valence electrons. The largest absolute Gasteiger partial charge is 0.416 e. The van der Waals surface area contributed by atoms with Crippen molar-refractivity contribution in [1.82, 2.24) is 14.9 Å². The van der Waals surface area contributed by atoms with Crippen LogP contribution in [0.15, 0.2) is 53.8 Å². The second kappa shape index (κ2) is 11.6. The number of hydrogen-bond donors (Lipinski definition) is 2. The van der Waals surface area contributed by atoms with Crippen LogP contribution in [-0.4, -0.2) is 49.5 Å². The summed E-state index contributed by atoms with van der Waals surface area (Å²) in [4.78, 5) is 8.02. The van der Waals surface area contributed by atoms with Gasteiger partial charge in [-0.2, -0.15) is 26.3 Å². The smallest absolute Gasteiger partial charge is 0.378 e. The summed E-state index contributed by atoms with van der Waals surface area (Å²) in [5.74, 6) is -3.20. The first-order valence-electron chi connectivity index (χ1n) is 12.5. The van der Waals surface area contributed by atoms with E-state index in [-0.39, 0.29) is 42.4 Å². The van der Waals surface area contributed by atoms with Gasteiger partial charge < -0.3 is 10.2 Å². The lowest BCUT2D eigenvalue weighted by Gasteiger charge is -2.41. The highest BCUT2D eigenvalue weighted by Gasteiger charge is 2.39. The van der Waals surface area contributed by atoms with Crippen LogP contribution in [0, 0.1) is 11.6 Å². The highest BCUT2D eigenvalue weighted by atomic mass is 32.2. The molecule has 0 radical (unpaired) electrons. The highest BCUT2D eigenvalue weighted by molar-refractivity contribution is 7.92. The summed E-state index contributed by atoms with van der Waals surface area (Å²) in [6.45, 7) is 0. The minimum atomic E-state index is -4.98. The number of rotatable bonds is 7. The molecule has 42 heavy (non-hydrogen) atoms. The van der Waals surface area contributed by atoms with Crippen LogP contribution < -0.4 is 10.0 Å². The molecule has 3 atom stereocenters. The van der Waals surface area contributed by atoms with Crippen LogP contribution in [0.25, 0.3) is 0 Å². The Balaban J connectivity index is 1.57. The third kappa shape index (κ3) is 7.09. The van der Waals surface area contributed by atoms with Crippen molar-refractivity contribution < 1.29 is 43.5 Å². The molecule has 0 bridgehead atoms. The SMILES string of the molecule is CN(C)[C@H]1C[C@@H](c2cc(C(F)(F)F)cc(C(F)(F)F)c2)CC[C@@H]1Nc1cc(F)c(S(=O)(=O)Nc2ccncn2)cc1F. The molecule has 1 aliphatic carbocycles. The van der Waals surface area contributed by atoms with E-state index in [2.05, 4.69) is 15.3 Å². The van der Waals surface area contributed by atoms with Crippen LogP contribution in [0.1, 0.15) is 41.9 Å². The van der Waals surface area contributed by atoms with Gasteiger partial charge in [-0.05, 0) is 75.2 Å². The van der Waals surface area contributed by atoms with E-state index in [1.807, 2.05) is 4.72 Å². The van der Waals surface area contributed by atoms with Gasteiger partial charge in [0, 0.05) is 24.3 Å². The minimum Gasteiger partial charge on any atom is -0.378 e. The highest BCUT2D eigenvalue weighted by Crippen LogP contribution is 2.42. The van der Waals surface area contributed by atoms with Crippen molar-refractivity contribution in [2.24, 2.45) is 0 Å². The van der Waals surface area contributed by atoms with Crippen molar-refractivity contribution >= 4 is 21.5 Å². The first-order valence-corrected chi connectivity index (χ1v) is 13.9. The van der Waals surface area contributed by atoms with Gasteiger partial charge in [-0.25, -0.2) is 27.2 Å². The normalized spacial score (nSPS) is 20.0. The second-order valence-electron chi connectivity index (χ2n) is 10.1. The Morgan fingerprint density at radius 1 is 0.905 bits per heavy atom. The molecule has 4 rings (SSSR count). The van der Waals surface area contributed by atoms with Crippen molar-refractivity contribution in [3.63, 3.8) is 0 Å². The van der Waals surface area contributed by atoms with Gasteiger partial charge in [0.2, 0.25) is 0 Å². The molecule has 1 heterocycles. The van der Waals surface area contributed by atoms with Gasteiger partial charge in [-0.1, -0.05) is 0 Å². The molecule has 3 aromatic rings. The Morgan fingerprint density at radius 2 is 1.55 bits per heavy atom. The van der Waals surface area contributed by atoms with E-state index in [9.17, 15) is 39.2 Å². The van der Waals surface area contributed by atoms with Crippen molar-refractivity contribution in [2.75, 3.05) is 24.1 Å². The van der Waals surface area contributed by atoms with Crippen molar-refractivity contribution in [3.05, 3.63) is 77.2 Å². The maximum Gasteiger partial charge on any atom is 0.416 e. The van der Waals surface area contributed by atoms with E-state index in [0.29, 0.717) is 24.3 Å². The van der Waals surface area contributed by atoms with Crippen LogP contribution in [0.2, 0.25) is 0 Å². The summed E-state index contributed by atoms with van der Waals surface area (Å²) < 4.78 is 138. The molecule has 0 amide bonds. The fourth-order valence-electron chi connectivity index (χ4n) is 4.99. The zero-order valence-electron chi connectivity index (χ0n) is 22.1. The summed E-state index contributed by atoms with van der Waals surface area (Å²) >= 11 is 0. The molecule has 1 aromatic heterocycles. The number of halogens is 8. The maximum atomic E-state index is 15.1. The monoisotopic (exact) mass is 623 g/mol. The van der Waals surface area contributed by atoms with E-state index < -0.39 is 68.0 Å². The van der Waals surface area contributed by atoms with Crippen molar-refractivity contribution in [3.8, 4) is 0 Å². The second-order valence-corrected chi connectivity index (χ2v) is 11.7. The predicted octanol–water partition coefficient (Wildman–Crippen LogP) is 6.27. The molecule has 1 fully saturated rings. The Morgan fingerprint density at radius 3 is 2.10 bits per heavy atom. The molecule has 1 aliphatic rings. The summed E-state index contributed by atoms with van der Waals surface area (Å²) in [5.41, 5.74) is -3.29. The zero-order valence-corrected chi connectivity index (χ0v) is 22.9. The predicted molar refractivity (Wildman–Crippen MR) is 137 cm³/mol. The molecular weight excluding hydrogens is 598 g/mol. The summed E-state index contributed by atoms with van der Waals surface area (Å²) in [6, 6.07) is 2.77. The molecule has 0 unspecified atom stereocenters. The Kier molecular flexibility index (Phi) is 8.69. The molecule has 0 saturated heterocycles. The molecule has 0 spiro atoms. The standard InChI is InChI=1S/C26H25F8N5O2S/c1-39(2)22-9-14(15-7-16(25(29,30)31)10-17(8-15)26(32,33)34)3-4-20(22)37-21-11-19(28)23(12-18(21)27)42(40,41)38-24-5-6-35-13-36-24/h5-8,10-14,20,22,37H,3-4,9H2,1-2H3,(H,35,36,38)/t14-,20-,22-/m0/s1. The Hall–Kier alpha value is -3.53. The van der Waals surface area contributed by atoms with E-state index >= 15 is 4.39 Å². The number of anilines is 2. The molecule has 16 heteroatoms. The molecule has 7 nitrogen and oxygen atoms in total. The van der Waals surface area contributed by atoms with E-state index in [1.54, 1.807) is 19.0 Å². The molecule has 2 N–H and O–H groups in total. The van der Waals surface area contributed by atoms with Gasteiger partial charge in [-0.15, -0.1) is 0 Å². The molecule has 0 aliphatic heterocycles. The maximum absolute atomic E-state index is 15.1. The van der Waals surface area contributed by atoms with Gasteiger partial charge in [-0.3, -0.25) is 4.72 Å². The Bertz CT molecular complexity index is 1500. The molecular formula is C26H25F8N5O2S. The number of sulfonamides is 1. The Labute approximate surface area is 236 Å². The third-order valence-electron chi connectivity index (χ3n) is 7.03. The minimum absolute atomic E-state index is 0.0738. The molecule has 1 saturated carbocycles. The number of benzene rings is 2. The number of likely N-dealkylation sites (N-methyl/N-ethyl adjacent to an activating group) is 1. The summed E-state index contributed by atoms with van der Waals surface area (Å²) in [6.07, 6.45) is -7.22. The van der Waals surface area contributed by atoms with E-state index in [0.717, 1.165) is 6.33 Å². The number of nitrogens with one attached hydrogen (secondary N) is 2. The lowest BCUT2D eigenvalue weighted by Crippen LogP contribution is -2.47. The van der Waals surface area contributed by atoms with Gasteiger partial charge in [0.05, 0.1) is 16.8 Å². The number of nitrogens with zero attached hydrogens (tertiary/aromatic N) is 3. The first-order chi connectivity index (χ1) is 19.5. The van der Waals surface area contributed by atoms with Crippen LogP contribution >= 0.6 is 0 Å².